The second-order valence-electron chi connectivity index (χ2n) is 7.20. The quantitative estimate of drug-likeness (QED) is 0.626. The lowest BCUT2D eigenvalue weighted by atomic mass is 9.94. The normalized spacial score (nSPS) is 15.8. The predicted octanol–water partition coefficient (Wildman–Crippen LogP) is 3.68. The minimum Gasteiger partial charge on any atom is -0.468 e. The van der Waals surface area contributed by atoms with Crippen molar-refractivity contribution in [1.29, 1.82) is 0 Å². The molecule has 3 amide bonds. The third-order valence-electron chi connectivity index (χ3n) is 4.95. The summed E-state index contributed by atoms with van der Waals surface area (Å²) in [5.74, 6) is -0.945. The van der Waals surface area contributed by atoms with Gasteiger partial charge in [0.2, 0.25) is 0 Å². The van der Waals surface area contributed by atoms with Crippen molar-refractivity contribution >= 4 is 35.6 Å². The molecule has 1 heterocycles. The molecule has 7 nitrogen and oxygen atoms in total. The molecule has 0 saturated carbocycles. The van der Waals surface area contributed by atoms with Gasteiger partial charge < -0.3 is 20.3 Å². The number of carbonyl (C=O) groups excluding carboxylic acids is 3. The number of halogens is 1. The number of amides is 3. The van der Waals surface area contributed by atoms with Gasteiger partial charge in [-0.1, -0.05) is 66.2 Å². The summed E-state index contributed by atoms with van der Waals surface area (Å²) in [5, 5.41) is 5.90. The number of methoxy groups -OCH3 is 1. The van der Waals surface area contributed by atoms with Gasteiger partial charge in [0.1, 0.15) is 6.54 Å². The summed E-state index contributed by atoms with van der Waals surface area (Å²) in [6, 6.07) is 15.4. The van der Waals surface area contributed by atoms with E-state index < -0.39 is 23.9 Å². The molecule has 166 valence electrons. The molecule has 1 aliphatic heterocycles. The summed E-state index contributed by atoms with van der Waals surface area (Å²) in [6.07, 6.45) is 3.67. The van der Waals surface area contributed by atoms with Crippen molar-refractivity contribution in [1.82, 2.24) is 15.5 Å². The molecule has 1 atom stereocenters. The van der Waals surface area contributed by atoms with Crippen molar-refractivity contribution < 1.29 is 19.1 Å². The highest BCUT2D eigenvalue weighted by atomic mass is 35.5. The van der Waals surface area contributed by atoms with E-state index in [1.807, 2.05) is 36.4 Å². The zero-order chi connectivity index (χ0) is 23.1. The van der Waals surface area contributed by atoms with E-state index in [9.17, 15) is 14.4 Å². The van der Waals surface area contributed by atoms with Crippen LogP contribution in [0.2, 0.25) is 5.02 Å². The van der Waals surface area contributed by atoms with E-state index in [4.69, 9.17) is 16.3 Å². The number of benzene rings is 2. The summed E-state index contributed by atoms with van der Waals surface area (Å²) in [6.45, 7) is 1.59. The SMILES string of the molecule is COC(=O)CN(CC=Cc1ccccc1)C(=O)C1=C(C)NC(=O)NC1c1cccc(Cl)c1. The van der Waals surface area contributed by atoms with Gasteiger partial charge in [0.25, 0.3) is 5.91 Å². The van der Waals surface area contributed by atoms with E-state index in [1.54, 1.807) is 37.3 Å². The van der Waals surface area contributed by atoms with Crippen molar-refractivity contribution in [3.8, 4) is 0 Å². The molecule has 2 N–H and O–H groups in total. The van der Waals surface area contributed by atoms with E-state index in [2.05, 4.69) is 10.6 Å². The van der Waals surface area contributed by atoms with Crippen LogP contribution in [0.4, 0.5) is 4.79 Å². The number of allylic oxidation sites excluding steroid dienone is 1. The van der Waals surface area contributed by atoms with Gasteiger partial charge in [-0.2, -0.15) is 0 Å². The summed E-state index contributed by atoms with van der Waals surface area (Å²) in [7, 11) is 1.27. The maximum absolute atomic E-state index is 13.6. The monoisotopic (exact) mass is 453 g/mol. The van der Waals surface area contributed by atoms with Gasteiger partial charge in [-0.3, -0.25) is 9.59 Å². The largest absolute Gasteiger partial charge is 0.468 e. The molecule has 2 aromatic carbocycles. The first kappa shape index (κ1) is 23.1. The number of nitrogens with one attached hydrogen (secondary N) is 2. The topological polar surface area (TPSA) is 87.7 Å². The molecule has 0 fully saturated rings. The highest BCUT2D eigenvalue weighted by Crippen LogP contribution is 2.29. The Kier molecular flexibility index (Phi) is 7.68. The molecular weight excluding hydrogens is 430 g/mol. The molecule has 0 aromatic heterocycles. The molecule has 8 heteroatoms. The van der Waals surface area contributed by atoms with Gasteiger partial charge in [-0.15, -0.1) is 0 Å². The number of urea groups is 1. The highest BCUT2D eigenvalue weighted by Gasteiger charge is 2.34. The van der Waals surface area contributed by atoms with Gasteiger partial charge in [0.15, 0.2) is 0 Å². The van der Waals surface area contributed by atoms with Crippen LogP contribution in [0.3, 0.4) is 0 Å². The standard InChI is InChI=1S/C24H24ClN3O4/c1-16-21(22(27-24(31)26-16)18-11-6-12-19(25)14-18)23(30)28(15-20(29)32-2)13-7-10-17-8-4-3-5-9-17/h3-12,14,22H,13,15H2,1-2H3,(H2,26,27,31). The molecule has 0 spiro atoms. The second kappa shape index (κ2) is 10.6. The first-order valence-electron chi connectivity index (χ1n) is 10.0. The van der Waals surface area contributed by atoms with E-state index in [-0.39, 0.29) is 13.1 Å². The molecule has 32 heavy (non-hydrogen) atoms. The fourth-order valence-electron chi connectivity index (χ4n) is 3.40. The molecule has 0 aliphatic carbocycles. The molecule has 1 unspecified atom stereocenters. The maximum Gasteiger partial charge on any atom is 0.325 e. The lowest BCUT2D eigenvalue weighted by Gasteiger charge is -2.31. The zero-order valence-corrected chi connectivity index (χ0v) is 18.6. The Bertz CT molecular complexity index is 1070. The number of nitrogens with zero attached hydrogens (tertiary/aromatic N) is 1. The van der Waals surface area contributed by atoms with Crippen molar-refractivity contribution in [2.75, 3.05) is 20.2 Å². The molecule has 0 bridgehead atoms. The number of hydrogen-bond donors (Lipinski definition) is 2. The molecule has 3 rings (SSSR count). The van der Waals surface area contributed by atoms with Crippen LogP contribution >= 0.6 is 11.6 Å². The predicted molar refractivity (Wildman–Crippen MR) is 123 cm³/mol. The Morgan fingerprint density at radius 1 is 1.16 bits per heavy atom. The summed E-state index contributed by atoms with van der Waals surface area (Å²) < 4.78 is 4.78. The Morgan fingerprint density at radius 2 is 1.91 bits per heavy atom. The Morgan fingerprint density at radius 3 is 2.59 bits per heavy atom. The third-order valence-corrected chi connectivity index (χ3v) is 5.19. The first-order chi connectivity index (χ1) is 15.4. The summed E-state index contributed by atoms with van der Waals surface area (Å²) in [4.78, 5) is 39.1. The molecule has 0 saturated heterocycles. The van der Waals surface area contributed by atoms with E-state index in [1.165, 1.54) is 12.0 Å². The Hall–Kier alpha value is -3.58. The van der Waals surface area contributed by atoms with Crippen molar-refractivity contribution in [3.05, 3.63) is 88.1 Å². The highest BCUT2D eigenvalue weighted by molar-refractivity contribution is 6.30. The zero-order valence-electron chi connectivity index (χ0n) is 17.8. The smallest absolute Gasteiger partial charge is 0.325 e. The van der Waals surface area contributed by atoms with Crippen LogP contribution in [0, 0.1) is 0 Å². The summed E-state index contributed by atoms with van der Waals surface area (Å²) in [5.41, 5.74) is 2.36. The van der Waals surface area contributed by atoms with Crippen LogP contribution in [0.25, 0.3) is 6.08 Å². The number of rotatable bonds is 7. The molecule has 2 aromatic rings. The maximum atomic E-state index is 13.6. The van der Waals surface area contributed by atoms with E-state index in [0.29, 0.717) is 21.9 Å². The number of carbonyl (C=O) groups is 3. The number of ether oxygens (including phenoxy) is 1. The second-order valence-corrected chi connectivity index (χ2v) is 7.64. The minimum atomic E-state index is -0.715. The molecular formula is C24H24ClN3O4. The van der Waals surface area contributed by atoms with Crippen LogP contribution in [0.15, 0.2) is 71.9 Å². The third kappa shape index (κ3) is 5.76. The lowest BCUT2D eigenvalue weighted by molar-refractivity contribution is -0.145. The van der Waals surface area contributed by atoms with Crippen LogP contribution < -0.4 is 10.6 Å². The van der Waals surface area contributed by atoms with E-state index in [0.717, 1.165) is 5.56 Å². The number of esters is 1. The summed E-state index contributed by atoms with van der Waals surface area (Å²) >= 11 is 6.13. The fraction of sp³-hybridized carbons (Fsp3) is 0.208. The van der Waals surface area contributed by atoms with Gasteiger partial charge in [0.05, 0.1) is 18.7 Å². The van der Waals surface area contributed by atoms with E-state index >= 15 is 0 Å². The average molecular weight is 454 g/mol. The van der Waals surface area contributed by atoms with Crippen LogP contribution in [0.5, 0.6) is 0 Å². The van der Waals surface area contributed by atoms with Gasteiger partial charge in [0, 0.05) is 17.3 Å². The van der Waals surface area contributed by atoms with Crippen LogP contribution in [-0.2, 0) is 14.3 Å². The van der Waals surface area contributed by atoms with Gasteiger partial charge in [-0.05, 0) is 30.2 Å². The van der Waals surface area contributed by atoms with Crippen molar-refractivity contribution in [3.63, 3.8) is 0 Å². The van der Waals surface area contributed by atoms with Crippen molar-refractivity contribution in [2.24, 2.45) is 0 Å². The van der Waals surface area contributed by atoms with Crippen LogP contribution in [-0.4, -0.2) is 43.0 Å². The lowest BCUT2D eigenvalue weighted by Crippen LogP contribution is -2.48. The minimum absolute atomic E-state index is 0.176. The first-order valence-corrected chi connectivity index (χ1v) is 10.4. The molecule has 1 aliphatic rings. The fourth-order valence-corrected chi connectivity index (χ4v) is 3.60. The van der Waals surface area contributed by atoms with Gasteiger partial charge >= 0.3 is 12.0 Å². The van der Waals surface area contributed by atoms with Gasteiger partial charge in [-0.25, -0.2) is 4.79 Å². The molecule has 0 radical (unpaired) electrons. The number of hydrogen-bond acceptors (Lipinski definition) is 4. The van der Waals surface area contributed by atoms with Crippen molar-refractivity contribution in [2.45, 2.75) is 13.0 Å². The Balaban J connectivity index is 1.92. The average Bonchev–Trinajstić information content (AvgIpc) is 2.78. The van der Waals surface area contributed by atoms with Crippen LogP contribution in [0.1, 0.15) is 24.1 Å². The Labute approximate surface area is 191 Å².